The Bertz CT molecular complexity index is 435. The molecule has 0 radical (unpaired) electrons. The van der Waals surface area contributed by atoms with Crippen LogP contribution in [0.25, 0.3) is 0 Å². The number of nitrogens with zero attached hydrogens (tertiary/aromatic N) is 1. The summed E-state index contributed by atoms with van der Waals surface area (Å²) in [5.41, 5.74) is 0. The van der Waals surface area contributed by atoms with Gasteiger partial charge in [-0.05, 0) is 53.7 Å². The van der Waals surface area contributed by atoms with Gasteiger partial charge in [-0.3, -0.25) is 4.79 Å². The number of hydrogen-bond donors (Lipinski definition) is 1. The zero-order chi connectivity index (χ0) is 14.4. The summed E-state index contributed by atoms with van der Waals surface area (Å²) in [5, 5.41) is 9.44. The molecule has 1 atom stereocenters. The fourth-order valence-corrected chi connectivity index (χ4v) is 4.26. The molecule has 0 aromatic carbocycles. The number of amides is 1. The first kappa shape index (κ1) is 16.0. The number of carbonyl (C=O) groups is 1. The summed E-state index contributed by atoms with van der Waals surface area (Å²) in [6.45, 7) is 0.915. The van der Waals surface area contributed by atoms with E-state index in [0.717, 1.165) is 42.4 Å². The van der Waals surface area contributed by atoms with Crippen molar-refractivity contribution < 1.29 is 9.90 Å². The Labute approximate surface area is 133 Å². The van der Waals surface area contributed by atoms with E-state index in [1.807, 2.05) is 4.90 Å². The maximum absolute atomic E-state index is 12.3. The molecular weight excluding hydrogens is 338 g/mol. The van der Waals surface area contributed by atoms with Gasteiger partial charge < -0.3 is 10.0 Å². The van der Waals surface area contributed by atoms with Gasteiger partial charge in [-0.15, -0.1) is 11.3 Å². The molecule has 112 valence electrons. The average Bonchev–Trinajstić information content (AvgIpc) is 2.72. The average molecular weight is 360 g/mol. The Morgan fingerprint density at radius 3 is 2.95 bits per heavy atom. The normalized spacial score (nSPS) is 19.9. The quantitative estimate of drug-likeness (QED) is 0.872. The number of rotatable bonds is 5. The Balaban J connectivity index is 1.80. The van der Waals surface area contributed by atoms with Gasteiger partial charge in [-0.1, -0.05) is 12.8 Å². The third-order valence-corrected chi connectivity index (χ3v) is 5.53. The predicted molar refractivity (Wildman–Crippen MR) is 86.0 cm³/mol. The molecule has 2 rings (SSSR count). The van der Waals surface area contributed by atoms with Crippen LogP contribution in [0.2, 0.25) is 0 Å². The van der Waals surface area contributed by atoms with Crippen LogP contribution in [0.15, 0.2) is 15.9 Å². The van der Waals surface area contributed by atoms with Crippen molar-refractivity contribution in [3.63, 3.8) is 0 Å². The zero-order valence-corrected chi connectivity index (χ0v) is 14.1. The summed E-state index contributed by atoms with van der Waals surface area (Å²) in [7, 11) is 0. The number of aliphatic hydroxyl groups is 1. The van der Waals surface area contributed by atoms with Gasteiger partial charge in [0.25, 0.3) is 0 Å². The van der Waals surface area contributed by atoms with Crippen LogP contribution in [0, 0.1) is 0 Å². The molecule has 1 aromatic rings. The van der Waals surface area contributed by atoms with Gasteiger partial charge in [-0.25, -0.2) is 0 Å². The summed E-state index contributed by atoms with van der Waals surface area (Å²) in [5.74, 6) is 0.210. The van der Waals surface area contributed by atoms with Crippen LogP contribution in [-0.2, 0) is 11.2 Å². The van der Waals surface area contributed by atoms with Crippen molar-refractivity contribution in [2.24, 2.45) is 0 Å². The van der Waals surface area contributed by atoms with Crippen LogP contribution >= 0.6 is 27.3 Å². The van der Waals surface area contributed by atoms with Gasteiger partial charge in [0, 0.05) is 17.8 Å². The predicted octanol–water partition coefficient (Wildman–Crippen LogP) is 3.60. The van der Waals surface area contributed by atoms with Crippen molar-refractivity contribution in [2.45, 2.75) is 51.0 Å². The van der Waals surface area contributed by atoms with Gasteiger partial charge in [0.05, 0.1) is 16.4 Å². The summed E-state index contributed by atoms with van der Waals surface area (Å²) in [4.78, 5) is 15.6. The molecule has 5 heteroatoms. The van der Waals surface area contributed by atoms with Crippen LogP contribution in [0.5, 0.6) is 0 Å². The lowest BCUT2D eigenvalue weighted by atomic mass is 10.1. The van der Waals surface area contributed by atoms with Crippen molar-refractivity contribution in [1.29, 1.82) is 0 Å². The second-order valence-electron chi connectivity index (χ2n) is 5.33. The molecule has 0 spiro atoms. The van der Waals surface area contributed by atoms with E-state index >= 15 is 0 Å². The van der Waals surface area contributed by atoms with Gasteiger partial charge in [-0.2, -0.15) is 0 Å². The molecule has 1 aromatic heterocycles. The monoisotopic (exact) mass is 359 g/mol. The number of aliphatic hydroxyl groups excluding tert-OH is 1. The first-order valence-corrected chi connectivity index (χ1v) is 8.96. The number of thiophene rings is 1. The molecule has 2 heterocycles. The van der Waals surface area contributed by atoms with Crippen molar-refractivity contribution in [2.75, 3.05) is 13.2 Å². The van der Waals surface area contributed by atoms with Crippen molar-refractivity contribution in [3.8, 4) is 0 Å². The molecule has 0 aliphatic carbocycles. The Morgan fingerprint density at radius 1 is 1.40 bits per heavy atom. The van der Waals surface area contributed by atoms with Crippen LogP contribution < -0.4 is 0 Å². The minimum atomic E-state index is 0.0425. The van der Waals surface area contributed by atoms with E-state index in [9.17, 15) is 9.90 Å². The molecule has 1 aliphatic heterocycles. The minimum Gasteiger partial charge on any atom is -0.394 e. The highest BCUT2D eigenvalue weighted by Gasteiger charge is 2.24. The highest BCUT2D eigenvalue weighted by atomic mass is 79.9. The highest BCUT2D eigenvalue weighted by molar-refractivity contribution is 9.11. The fraction of sp³-hybridized carbons (Fsp3) is 0.667. The molecule has 1 N–H and O–H groups in total. The largest absolute Gasteiger partial charge is 0.394 e. The molecular formula is C15H22BrNO2S. The van der Waals surface area contributed by atoms with E-state index in [1.54, 1.807) is 11.3 Å². The van der Waals surface area contributed by atoms with E-state index in [1.165, 1.54) is 11.3 Å². The summed E-state index contributed by atoms with van der Waals surface area (Å²) in [6, 6.07) is 4.21. The first-order valence-electron chi connectivity index (χ1n) is 7.35. The van der Waals surface area contributed by atoms with Gasteiger partial charge >= 0.3 is 0 Å². The van der Waals surface area contributed by atoms with Crippen molar-refractivity contribution in [1.82, 2.24) is 4.90 Å². The maximum Gasteiger partial charge on any atom is 0.222 e. The van der Waals surface area contributed by atoms with Crippen LogP contribution in [0.1, 0.15) is 43.4 Å². The molecule has 1 saturated heterocycles. The highest BCUT2D eigenvalue weighted by Crippen LogP contribution is 2.24. The number of likely N-dealkylation sites (tertiary alicyclic amines) is 1. The minimum absolute atomic E-state index is 0.0425. The second-order valence-corrected chi connectivity index (χ2v) is 7.88. The Kier molecular flexibility index (Phi) is 6.52. The smallest absolute Gasteiger partial charge is 0.222 e. The molecule has 1 amide bonds. The fourth-order valence-electron chi connectivity index (χ4n) is 2.74. The SMILES string of the molecule is O=C(CCCc1ccc(Br)s1)N1CCCCCC1CO. The lowest BCUT2D eigenvalue weighted by molar-refractivity contribution is -0.134. The van der Waals surface area contributed by atoms with E-state index in [0.29, 0.717) is 6.42 Å². The van der Waals surface area contributed by atoms with E-state index in [2.05, 4.69) is 28.1 Å². The number of hydrogen-bond acceptors (Lipinski definition) is 3. The van der Waals surface area contributed by atoms with E-state index in [4.69, 9.17) is 0 Å². The van der Waals surface area contributed by atoms with E-state index in [-0.39, 0.29) is 18.6 Å². The van der Waals surface area contributed by atoms with Gasteiger partial charge in [0.1, 0.15) is 0 Å². The molecule has 0 saturated carbocycles. The van der Waals surface area contributed by atoms with Crippen LogP contribution in [-0.4, -0.2) is 35.1 Å². The molecule has 20 heavy (non-hydrogen) atoms. The summed E-state index contributed by atoms with van der Waals surface area (Å²) in [6.07, 6.45) is 6.74. The van der Waals surface area contributed by atoms with Crippen LogP contribution in [0.3, 0.4) is 0 Å². The molecule has 3 nitrogen and oxygen atoms in total. The van der Waals surface area contributed by atoms with Gasteiger partial charge in [0.2, 0.25) is 5.91 Å². The Morgan fingerprint density at radius 2 is 2.25 bits per heavy atom. The third-order valence-electron chi connectivity index (χ3n) is 3.85. The molecule has 0 bridgehead atoms. The first-order chi connectivity index (χ1) is 9.70. The van der Waals surface area contributed by atoms with Crippen LogP contribution in [0.4, 0.5) is 0 Å². The van der Waals surface area contributed by atoms with Gasteiger partial charge in [0.15, 0.2) is 0 Å². The lowest BCUT2D eigenvalue weighted by Gasteiger charge is -2.28. The molecule has 1 unspecified atom stereocenters. The number of aryl methyl sites for hydroxylation is 1. The number of halogens is 1. The zero-order valence-electron chi connectivity index (χ0n) is 11.7. The molecule has 1 aliphatic rings. The summed E-state index contributed by atoms with van der Waals surface area (Å²) >= 11 is 5.19. The maximum atomic E-state index is 12.3. The van der Waals surface area contributed by atoms with Crippen molar-refractivity contribution >= 4 is 33.2 Å². The standard InChI is InChI=1S/C15H22BrNO2S/c16-14-9-8-13(20-14)6-4-7-15(19)17-10-3-1-2-5-12(17)11-18/h8-9,12,18H,1-7,10-11H2. The third kappa shape index (κ3) is 4.57. The lowest BCUT2D eigenvalue weighted by Crippen LogP contribution is -2.42. The summed E-state index contributed by atoms with van der Waals surface area (Å²) < 4.78 is 1.15. The second kappa shape index (κ2) is 8.15. The molecule has 1 fully saturated rings. The van der Waals surface area contributed by atoms with E-state index < -0.39 is 0 Å². The topological polar surface area (TPSA) is 40.5 Å². The Hall–Kier alpha value is -0.390. The number of carbonyl (C=O) groups excluding carboxylic acids is 1. The van der Waals surface area contributed by atoms with Crippen molar-refractivity contribution in [3.05, 3.63) is 20.8 Å².